The average Bonchev–Trinajstić information content (AvgIpc) is 2.16. The molecule has 4 atom stereocenters. The van der Waals surface area contributed by atoms with Crippen LogP contribution in [0.15, 0.2) is 0 Å². The van der Waals surface area contributed by atoms with E-state index >= 15 is 0 Å². The fraction of sp³-hybridized carbons (Fsp3) is 1.00. The highest BCUT2D eigenvalue weighted by atomic mass is 14.3. The first kappa shape index (κ1) is 15.0. The maximum atomic E-state index is 2.46. The summed E-state index contributed by atoms with van der Waals surface area (Å²) >= 11 is 0. The molecule has 0 aromatic heterocycles. The minimum atomic E-state index is 0.846. The summed E-state index contributed by atoms with van der Waals surface area (Å²) in [6.45, 7) is 16.7. The Bertz CT molecular complexity index is 148. The van der Waals surface area contributed by atoms with Gasteiger partial charge in [-0.2, -0.15) is 0 Å². The van der Waals surface area contributed by atoms with Gasteiger partial charge in [0.25, 0.3) is 0 Å². The molecule has 0 spiro atoms. The van der Waals surface area contributed by atoms with Crippen molar-refractivity contribution in [2.24, 2.45) is 29.6 Å². The third-order valence-corrected chi connectivity index (χ3v) is 4.26. The van der Waals surface area contributed by atoms with Gasteiger partial charge in [-0.05, 0) is 36.0 Å². The van der Waals surface area contributed by atoms with E-state index in [0.717, 1.165) is 29.6 Å². The van der Waals surface area contributed by atoms with Gasteiger partial charge in [-0.25, -0.2) is 0 Å². The zero-order chi connectivity index (χ0) is 12.0. The maximum absolute atomic E-state index is 2.46. The second-order valence-corrected chi connectivity index (χ2v) is 5.92. The van der Waals surface area contributed by atoms with Crippen LogP contribution in [-0.4, -0.2) is 0 Å². The third-order valence-electron chi connectivity index (χ3n) is 4.26. The Labute approximate surface area is 97.8 Å². The molecule has 0 heteroatoms. The summed E-state index contributed by atoms with van der Waals surface area (Å²) < 4.78 is 0. The molecule has 0 saturated heterocycles. The summed E-state index contributed by atoms with van der Waals surface area (Å²) in [6.07, 6.45) is 4.06. The van der Waals surface area contributed by atoms with Crippen molar-refractivity contribution in [3.05, 3.63) is 0 Å². The van der Waals surface area contributed by atoms with E-state index in [0.29, 0.717) is 0 Å². The molecule has 0 aliphatic heterocycles. The van der Waals surface area contributed by atoms with Gasteiger partial charge in [0.1, 0.15) is 0 Å². The molecule has 0 rings (SSSR count). The Hall–Kier alpha value is 0. The molecule has 0 amide bonds. The molecule has 92 valence electrons. The summed E-state index contributed by atoms with van der Waals surface area (Å²) in [5.74, 6) is 4.41. The smallest absolute Gasteiger partial charge is 0.0363 e. The number of rotatable bonds is 7. The van der Waals surface area contributed by atoms with Gasteiger partial charge in [0.15, 0.2) is 0 Å². The van der Waals surface area contributed by atoms with E-state index in [9.17, 15) is 0 Å². The van der Waals surface area contributed by atoms with E-state index in [1.165, 1.54) is 19.3 Å². The fourth-order valence-corrected chi connectivity index (χ4v) is 3.00. The van der Waals surface area contributed by atoms with Gasteiger partial charge in [-0.3, -0.25) is 0 Å². The van der Waals surface area contributed by atoms with E-state index in [4.69, 9.17) is 0 Å². The van der Waals surface area contributed by atoms with E-state index < -0.39 is 0 Å². The van der Waals surface area contributed by atoms with Gasteiger partial charge in [-0.15, -0.1) is 0 Å². The Kier molecular flexibility index (Phi) is 7.30. The Morgan fingerprint density at radius 1 is 0.733 bits per heavy atom. The van der Waals surface area contributed by atoms with Gasteiger partial charge in [0.05, 0.1) is 0 Å². The number of hydrogen-bond donors (Lipinski definition) is 0. The van der Waals surface area contributed by atoms with Gasteiger partial charge >= 0.3 is 0 Å². The molecule has 0 heterocycles. The lowest BCUT2D eigenvalue weighted by atomic mass is 9.73. The fourth-order valence-electron chi connectivity index (χ4n) is 3.00. The first-order valence-electron chi connectivity index (χ1n) is 6.93. The molecule has 0 aliphatic carbocycles. The van der Waals surface area contributed by atoms with Gasteiger partial charge in [0.2, 0.25) is 0 Å². The summed E-state index contributed by atoms with van der Waals surface area (Å²) in [6, 6.07) is 0. The van der Waals surface area contributed by atoms with Gasteiger partial charge in [-0.1, -0.05) is 61.3 Å². The lowest BCUT2D eigenvalue weighted by molar-refractivity contribution is 0.167. The minimum absolute atomic E-state index is 0.846. The van der Waals surface area contributed by atoms with E-state index in [-0.39, 0.29) is 0 Å². The van der Waals surface area contributed by atoms with Crippen molar-refractivity contribution in [3.63, 3.8) is 0 Å². The predicted octanol–water partition coefficient (Wildman–Crippen LogP) is 5.38. The van der Waals surface area contributed by atoms with Crippen LogP contribution < -0.4 is 0 Å². The predicted molar refractivity (Wildman–Crippen MR) is 71.0 cm³/mol. The summed E-state index contributed by atoms with van der Waals surface area (Å²) in [7, 11) is 0. The molecular weight excluding hydrogens is 180 g/mol. The second kappa shape index (κ2) is 7.30. The average molecular weight is 212 g/mol. The molecule has 0 aromatic rings. The second-order valence-electron chi connectivity index (χ2n) is 5.92. The van der Waals surface area contributed by atoms with Crippen LogP contribution in [0.1, 0.15) is 67.7 Å². The van der Waals surface area contributed by atoms with E-state index in [1.807, 2.05) is 0 Å². The van der Waals surface area contributed by atoms with Crippen LogP contribution in [0, 0.1) is 29.6 Å². The van der Waals surface area contributed by atoms with Crippen molar-refractivity contribution in [2.75, 3.05) is 0 Å². The highest BCUT2D eigenvalue weighted by molar-refractivity contribution is 4.75. The molecule has 0 saturated carbocycles. The van der Waals surface area contributed by atoms with Crippen LogP contribution in [0.3, 0.4) is 0 Å². The standard InChI is InChI=1S/C15H32/c1-8-12(5)14(7)15(9-2)13(6)10-11(3)4/h11-15H,8-10H2,1-7H3. The van der Waals surface area contributed by atoms with Crippen LogP contribution in [0.4, 0.5) is 0 Å². The van der Waals surface area contributed by atoms with Crippen molar-refractivity contribution in [3.8, 4) is 0 Å². The maximum Gasteiger partial charge on any atom is -0.0363 e. The van der Waals surface area contributed by atoms with Crippen LogP contribution in [0.5, 0.6) is 0 Å². The number of hydrogen-bond acceptors (Lipinski definition) is 0. The highest BCUT2D eigenvalue weighted by Gasteiger charge is 2.25. The third kappa shape index (κ3) is 5.04. The molecule has 0 N–H and O–H groups in total. The first-order chi connectivity index (χ1) is 6.93. The van der Waals surface area contributed by atoms with Crippen molar-refractivity contribution in [2.45, 2.75) is 67.7 Å². The quantitative estimate of drug-likeness (QED) is 0.531. The van der Waals surface area contributed by atoms with Crippen molar-refractivity contribution in [1.82, 2.24) is 0 Å². The summed E-state index contributed by atoms with van der Waals surface area (Å²) in [5, 5.41) is 0. The van der Waals surface area contributed by atoms with Crippen molar-refractivity contribution in [1.29, 1.82) is 0 Å². The zero-order valence-corrected chi connectivity index (χ0v) is 12.0. The highest BCUT2D eigenvalue weighted by Crippen LogP contribution is 2.34. The molecular formula is C15H32. The molecule has 0 bridgehead atoms. The SMILES string of the molecule is CCC(C)C(C)C(CC)C(C)CC(C)C. The van der Waals surface area contributed by atoms with Crippen LogP contribution >= 0.6 is 0 Å². The monoisotopic (exact) mass is 212 g/mol. The molecule has 0 aromatic carbocycles. The van der Waals surface area contributed by atoms with Gasteiger partial charge in [0, 0.05) is 0 Å². The zero-order valence-electron chi connectivity index (χ0n) is 12.0. The summed E-state index contributed by atoms with van der Waals surface area (Å²) in [5.41, 5.74) is 0. The van der Waals surface area contributed by atoms with Gasteiger partial charge < -0.3 is 0 Å². The minimum Gasteiger partial charge on any atom is -0.0651 e. The first-order valence-corrected chi connectivity index (χ1v) is 6.93. The van der Waals surface area contributed by atoms with E-state index in [2.05, 4.69) is 48.5 Å². The molecule has 0 fully saturated rings. The normalized spacial score (nSPS) is 20.0. The van der Waals surface area contributed by atoms with Crippen molar-refractivity contribution < 1.29 is 0 Å². The summed E-state index contributed by atoms with van der Waals surface area (Å²) in [4.78, 5) is 0. The van der Waals surface area contributed by atoms with Crippen molar-refractivity contribution >= 4 is 0 Å². The van der Waals surface area contributed by atoms with E-state index in [1.54, 1.807) is 0 Å². The molecule has 0 nitrogen and oxygen atoms in total. The molecule has 15 heavy (non-hydrogen) atoms. The molecule has 0 radical (unpaired) electrons. The largest absolute Gasteiger partial charge is 0.0651 e. The molecule has 4 unspecified atom stereocenters. The lowest BCUT2D eigenvalue weighted by Crippen LogP contribution is -2.25. The van der Waals surface area contributed by atoms with Crippen LogP contribution in [-0.2, 0) is 0 Å². The Morgan fingerprint density at radius 2 is 1.27 bits per heavy atom. The Morgan fingerprint density at radius 3 is 1.60 bits per heavy atom. The topological polar surface area (TPSA) is 0 Å². The molecule has 0 aliphatic rings. The Balaban J connectivity index is 4.32. The lowest BCUT2D eigenvalue weighted by Gasteiger charge is -2.33. The van der Waals surface area contributed by atoms with Crippen LogP contribution in [0.2, 0.25) is 0 Å². The van der Waals surface area contributed by atoms with Crippen LogP contribution in [0.25, 0.3) is 0 Å².